The number of hydrogen-bond donors (Lipinski definition) is 0. The molecule has 0 spiro atoms. The van der Waals surface area contributed by atoms with Crippen LogP contribution in [0.4, 0.5) is 0 Å². The molecule has 4 rings (SSSR count). The van der Waals surface area contributed by atoms with E-state index in [9.17, 15) is 0 Å². The molecule has 0 aliphatic rings. The van der Waals surface area contributed by atoms with Crippen molar-refractivity contribution in [1.29, 1.82) is 0 Å². The van der Waals surface area contributed by atoms with Crippen molar-refractivity contribution in [3.63, 3.8) is 0 Å². The van der Waals surface area contributed by atoms with Crippen LogP contribution in [0.25, 0.3) is 33.0 Å². The van der Waals surface area contributed by atoms with Gasteiger partial charge < -0.3 is 0 Å². The molecule has 0 aliphatic carbocycles. The minimum absolute atomic E-state index is 0.826. The van der Waals surface area contributed by atoms with Gasteiger partial charge in [-0.3, -0.25) is 0 Å². The van der Waals surface area contributed by atoms with E-state index in [1.54, 1.807) is 0 Å². The van der Waals surface area contributed by atoms with Gasteiger partial charge in [0.2, 0.25) is 0 Å². The Kier molecular flexibility index (Phi) is 6.82. The van der Waals surface area contributed by atoms with Crippen LogP contribution in [0.15, 0.2) is 78.9 Å². The quantitative estimate of drug-likeness (QED) is 0.269. The zero-order valence-corrected chi connectivity index (χ0v) is 18.7. The summed E-state index contributed by atoms with van der Waals surface area (Å²) in [5.74, 6) is 0. The van der Waals surface area contributed by atoms with E-state index in [0.29, 0.717) is 0 Å². The summed E-state index contributed by atoms with van der Waals surface area (Å²) in [6, 6.07) is 28.4. The van der Waals surface area contributed by atoms with Crippen molar-refractivity contribution in [2.45, 2.75) is 13.8 Å². The van der Waals surface area contributed by atoms with E-state index in [-0.39, 0.29) is 0 Å². The van der Waals surface area contributed by atoms with Gasteiger partial charge >= 0.3 is 37.9 Å². The molecule has 130 valence electrons. The number of rotatable bonds is 2. The predicted molar refractivity (Wildman–Crippen MR) is 112 cm³/mol. The molecule has 4 aromatic carbocycles. The van der Waals surface area contributed by atoms with Gasteiger partial charge in [0, 0.05) is 0 Å². The molecule has 4 aromatic rings. The zero-order valence-electron chi connectivity index (χ0n) is 14.8. The van der Waals surface area contributed by atoms with Crippen molar-refractivity contribution < 1.29 is 20.8 Å². The van der Waals surface area contributed by atoms with Gasteiger partial charge in [-0.1, -0.05) is 73.2 Å². The van der Waals surface area contributed by atoms with Crippen LogP contribution in [-0.2, 0) is 20.8 Å². The number of fused-ring (bicyclic) bond motifs is 1. The van der Waals surface area contributed by atoms with E-state index in [1.165, 1.54) is 44.2 Å². The monoisotopic (exact) mass is 455 g/mol. The van der Waals surface area contributed by atoms with Gasteiger partial charge in [-0.25, -0.2) is 0 Å². The van der Waals surface area contributed by atoms with Gasteiger partial charge in [-0.15, -0.1) is 28.5 Å². The van der Waals surface area contributed by atoms with Crippen LogP contribution >= 0.6 is 17.0 Å². The molecule has 0 fully saturated rings. The Hall–Kier alpha value is -1.27. The average Bonchev–Trinajstić information content (AvgIpc) is 3.03. The normalized spacial score (nSPS) is 10.3. The van der Waals surface area contributed by atoms with Crippen molar-refractivity contribution in [1.82, 2.24) is 0 Å². The third kappa shape index (κ3) is 4.17. The predicted octanol–water partition coefficient (Wildman–Crippen LogP) is 7.89. The zero-order chi connectivity index (χ0) is 18.5. The van der Waals surface area contributed by atoms with Crippen molar-refractivity contribution in [3.05, 3.63) is 90.0 Å². The van der Waals surface area contributed by atoms with Crippen LogP contribution in [0.1, 0.15) is 11.1 Å². The minimum atomic E-state index is -0.826. The van der Waals surface area contributed by atoms with E-state index in [4.69, 9.17) is 17.0 Å². The Morgan fingerprint density at radius 1 is 0.769 bits per heavy atom. The molecule has 0 nitrogen and oxygen atoms in total. The van der Waals surface area contributed by atoms with Crippen molar-refractivity contribution >= 4 is 27.8 Å². The first kappa shape index (κ1) is 19.5. The molecule has 0 saturated carbocycles. The molecular weight excluding hydrogens is 438 g/mol. The number of aryl methyl sites for hydroxylation is 2. The second-order valence-electron chi connectivity index (χ2n) is 6.28. The van der Waals surface area contributed by atoms with Crippen LogP contribution in [0.2, 0.25) is 0 Å². The van der Waals surface area contributed by atoms with E-state index in [2.05, 4.69) is 92.7 Å². The van der Waals surface area contributed by atoms with Crippen LogP contribution in [0.3, 0.4) is 0 Å². The molecule has 0 aromatic heterocycles. The van der Waals surface area contributed by atoms with Gasteiger partial charge in [0.05, 0.1) is 0 Å². The van der Waals surface area contributed by atoms with Gasteiger partial charge in [0.25, 0.3) is 0 Å². The Bertz CT molecular complexity index is 1000. The Morgan fingerprint density at radius 3 is 2.12 bits per heavy atom. The first-order valence-electron chi connectivity index (χ1n) is 8.43. The van der Waals surface area contributed by atoms with Crippen LogP contribution in [0, 0.1) is 13.8 Å². The summed E-state index contributed by atoms with van der Waals surface area (Å²) in [6.45, 7) is 4.36. The fraction of sp³-hybridized carbons (Fsp3) is 0.0870. The second-order valence-corrected chi connectivity index (χ2v) is 10.0. The molecule has 0 aliphatic heterocycles. The molecular formula is C23H19Cl2Zr-. The maximum atomic E-state index is 4.93. The molecule has 0 radical (unpaired) electrons. The molecule has 0 bridgehead atoms. The van der Waals surface area contributed by atoms with Crippen molar-refractivity contribution in [2.75, 3.05) is 0 Å². The average molecular weight is 458 g/mol. The second kappa shape index (κ2) is 9.09. The maximum absolute atomic E-state index is 4.93. The Morgan fingerprint density at radius 2 is 1.42 bits per heavy atom. The van der Waals surface area contributed by atoms with Crippen LogP contribution in [-0.4, -0.2) is 0 Å². The van der Waals surface area contributed by atoms with Gasteiger partial charge in [-0.05, 0) is 29.2 Å². The van der Waals surface area contributed by atoms with Crippen LogP contribution in [0.5, 0.6) is 0 Å². The molecule has 0 heterocycles. The fourth-order valence-corrected chi connectivity index (χ4v) is 3.43. The molecule has 0 unspecified atom stereocenters. The first-order chi connectivity index (χ1) is 12.7. The summed E-state index contributed by atoms with van der Waals surface area (Å²) in [4.78, 5) is 0. The molecule has 3 heteroatoms. The van der Waals surface area contributed by atoms with E-state index in [0.717, 1.165) is 0 Å². The molecule has 0 N–H and O–H groups in total. The third-order valence-corrected chi connectivity index (χ3v) is 4.53. The number of hydrogen-bond acceptors (Lipinski definition) is 0. The van der Waals surface area contributed by atoms with Gasteiger partial charge in [0.15, 0.2) is 0 Å². The van der Waals surface area contributed by atoms with Crippen molar-refractivity contribution in [3.8, 4) is 22.3 Å². The SMILES string of the molecule is Cc1cc2c(-c3ccccc3C)c(-c3ccccc3)ccc2[cH-]1.[Cl][Zr][Cl]. The molecule has 0 atom stereocenters. The Labute approximate surface area is 173 Å². The topological polar surface area (TPSA) is 0 Å². The molecule has 26 heavy (non-hydrogen) atoms. The van der Waals surface area contributed by atoms with E-state index in [1.807, 2.05) is 0 Å². The van der Waals surface area contributed by atoms with Crippen LogP contribution < -0.4 is 0 Å². The van der Waals surface area contributed by atoms with E-state index >= 15 is 0 Å². The summed E-state index contributed by atoms with van der Waals surface area (Å²) in [7, 11) is 9.87. The summed E-state index contributed by atoms with van der Waals surface area (Å²) >= 11 is -0.826. The van der Waals surface area contributed by atoms with Crippen molar-refractivity contribution in [2.24, 2.45) is 0 Å². The van der Waals surface area contributed by atoms with Gasteiger partial charge in [-0.2, -0.15) is 6.07 Å². The summed E-state index contributed by atoms with van der Waals surface area (Å²) in [6.07, 6.45) is 0. The number of benzene rings is 3. The van der Waals surface area contributed by atoms with E-state index < -0.39 is 20.8 Å². The van der Waals surface area contributed by atoms with Gasteiger partial charge in [0.1, 0.15) is 0 Å². The molecule has 0 saturated heterocycles. The number of halogens is 2. The Balaban J connectivity index is 0.000000613. The summed E-state index contributed by atoms with van der Waals surface area (Å²) < 4.78 is 0. The fourth-order valence-electron chi connectivity index (χ4n) is 3.43. The molecule has 0 amide bonds. The third-order valence-electron chi connectivity index (χ3n) is 4.53. The summed E-state index contributed by atoms with van der Waals surface area (Å²) in [5, 5.41) is 2.67. The first-order valence-corrected chi connectivity index (χ1v) is 14.8. The summed E-state index contributed by atoms with van der Waals surface area (Å²) in [5.41, 5.74) is 7.88. The standard InChI is InChI=1S/C23H19.2ClH.Zr/c1-16-14-19-12-13-21(18-9-4-3-5-10-18)23(22(19)15-16)20-11-7-6-8-17(20)2;;;/h3-15H,1-2H3;2*1H;/q-1;;;+2/p-2.